The predicted octanol–water partition coefficient (Wildman–Crippen LogP) is 4.52. The number of nitrogens with zero attached hydrogens (tertiary/aromatic N) is 3. The van der Waals surface area contributed by atoms with Gasteiger partial charge < -0.3 is 29.7 Å². The maximum absolute atomic E-state index is 14.8. The van der Waals surface area contributed by atoms with Gasteiger partial charge in [0.1, 0.15) is 29.2 Å². The number of aromatic nitrogens is 2. The van der Waals surface area contributed by atoms with Crippen molar-refractivity contribution in [2.24, 2.45) is 0 Å². The van der Waals surface area contributed by atoms with Gasteiger partial charge in [-0.05, 0) is 66.9 Å². The molecule has 0 saturated carbocycles. The van der Waals surface area contributed by atoms with Crippen LogP contribution in [0, 0.1) is 12.7 Å². The fourth-order valence-electron chi connectivity index (χ4n) is 6.10. The smallest absolute Gasteiger partial charge is 0.258 e. The summed E-state index contributed by atoms with van der Waals surface area (Å²) in [5.74, 6) is -0.236. The molecule has 6 bridgehead atoms. The van der Waals surface area contributed by atoms with Crippen LogP contribution in [0.5, 0.6) is 17.2 Å². The molecule has 0 spiro atoms. The molecule has 3 amide bonds. The number of amides is 3. The van der Waals surface area contributed by atoms with Gasteiger partial charge in [0.2, 0.25) is 0 Å². The number of piperidine rings is 1. The highest BCUT2D eigenvalue weighted by Crippen LogP contribution is 2.33. The van der Waals surface area contributed by atoms with Crippen molar-refractivity contribution in [3.8, 4) is 28.4 Å². The third kappa shape index (κ3) is 7.12. The van der Waals surface area contributed by atoms with Crippen molar-refractivity contribution in [1.82, 2.24) is 25.3 Å². The van der Waals surface area contributed by atoms with Gasteiger partial charge in [0.15, 0.2) is 6.61 Å². The minimum absolute atomic E-state index is 0.0531. The van der Waals surface area contributed by atoms with Crippen LogP contribution in [0.2, 0.25) is 0 Å². The maximum atomic E-state index is 14.8. The molecule has 2 aliphatic rings. The lowest BCUT2D eigenvalue weighted by molar-refractivity contribution is -0.123. The van der Waals surface area contributed by atoms with Crippen LogP contribution < -0.4 is 24.8 Å². The number of ether oxygens (including phenoxy) is 3. The molecule has 12 heteroatoms. The van der Waals surface area contributed by atoms with E-state index < -0.39 is 18.0 Å². The Balaban J connectivity index is 1.35. The predicted molar refractivity (Wildman–Crippen MR) is 176 cm³/mol. The molecule has 0 radical (unpaired) electrons. The number of aryl methyl sites for hydroxylation is 1. The van der Waals surface area contributed by atoms with Gasteiger partial charge in [-0.2, -0.15) is 5.10 Å². The second kappa shape index (κ2) is 14.2. The van der Waals surface area contributed by atoms with Gasteiger partial charge in [-0.1, -0.05) is 19.1 Å². The zero-order chi connectivity index (χ0) is 33.8. The highest BCUT2D eigenvalue weighted by molar-refractivity contribution is 5.97. The van der Waals surface area contributed by atoms with E-state index in [1.165, 1.54) is 12.1 Å². The normalized spacial score (nSPS) is 18.1. The van der Waals surface area contributed by atoms with Crippen LogP contribution >= 0.6 is 0 Å². The van der Waals surface area contributed by atoms with E-state index in [1.807, 2.05) is 24.6 Å². The molecule has 6 rings (SSSR count). The second-order valence-corrected chi connectivity index (χ2v) is 11.9. The Hall–Kier alpha value is -5.39. The number of halogens is 1. The summed E-state index contributed by atoms with van der Waals surface area (Å²) in [7, 11) is 1.55. The monoisotopic (exact) mass is 655 g/mol. The van der Waals surface area contributed by atoms with Crippen molar-refractivity contribution < 1.29 is 33.0 Å². The van der Waals surface area contributed by atoms with E-state index in [4.69, 9.17) is 14.2 Å². The number of benzene rings is 3. The molecule has 11 nitrogen and oxygen atoms in total. The number of rotatable bonds is 4. The van der Waals surface area contributed by atoms with Crippen LogP contribution in [0.4, 0.5) is 4.39 Å². The lowest BCUT2D eigenvalue weighted by Crippen LogP contribution is -2.58. The molecule has 0 aliphatic carbocycles. The van der Waals surface area contributed by atoms with Crippen LogP contribution in [0.25, 0.3) is 11.1 Å². The number of hydrogen-bond acceptors (Lipinski definition) is 7. The number of hydrogen-bond donors (Lipinski definition) is 2. The summed E-state index contributed by atoms with van der Waals surface area (Å²) in [5, 5.41) is 10.2. The Labute approximate surface area is 278 Å². The minimum Gasteiger partial charge on any atom is -0.496 e. The van der Waals surface area contributed by atoms with E-state index in [9.17, 15) is 18.8 Å². The topological polar surface area (TPSA) is 124 Å². The van der Waals surface area contributed by atoms with Crippen LogP contribution in [0.1, 0.15) is 51.7 Å². The summed E-state index contributed by atoms with van der Waals surface area (Å²) < 4.78 is 34.3. The Kier molecular flexibility index (Phi) is 9.60. The van der Waals surface area contributed by atoms with Crippen LogP contribution in [0.15, 0.2) is 66.9 Å². The Morgan fingerprint density at radius 1 is 1.08 bits per heavy atom. The number of fused-ring (bicyclic) bond motifs is 8. The number of carbonyl (C=O) groups is 3. The van der Waals surface area contributed by atoms with Crippen molar-refractivity contribution in [2.75, 3.05) is 26.8 Å². The van der Waals surface area contributed by atoms with Crippen molar-refractivity contribution in [3.05, 3.63) is 95.1 Å². The Morgan fingerprint density at radius 3 is 2.75 bits per heavy atom. The number of carbonyl (C=O) groups excluding carboxylic acids is 3. The lowest BCUT2D eigenvalue weighted by Gasteiger charge is -2.39. The van der Waals surface area contributed by atoms with Gasteiger partial charge in [-0.15, -0.1) is 0 Å². The first kappa shape index (κ1) is 32.5. The zero-order valence-electron chi connectivity index (χ0n) is 27.1. The molecule has 48 heavy (non-hydrogen) atoms. The molecule has 3 heterocycles. The fourth-order valence-corrected chi connectivity index (χ4v) is 6.10. The molecular weight excluding hydrogens is 617 g/mol. The van der Waals surface area contributed by atoms with Gasteiger partial charge in [-0.25, -0.2) is 4.39 Å². The SMILES string of the molecule is CCCn1ncc(C(=O)N2CC[C@H]3Oc4cc(F)cc(c4)CNC(=O)COc4cccc(c4)-c4cc(ccc4OC)C(=O)N[C@@H]3C2)c1C. The summed E-state index contributed by atoms with van der Waals surface area (Å²) in [6.45, 7) is 4.94. The van der Waals surface area contributed by atoms with Gasteiger partial charge in [0.05, 0.1) is 24.9 Å². The summed E-state index contributed by atoms with van der Waals surface area (Å²) >= 11 is 0. The fraction of sp³-hybridized carbons (Fsp3) is 0.333. The van der Waals surface area contributed by atoms with Gasteiger partial charge >= 0.3 is 0 Å². The first-order valence-corrected chi connectivity index (χ1v) is 16.0. The summed E-state index contributed by atoms with van der Waals surface area (Å²) in [6.07, 6.45) is 2.26. The molecule has 2 aliphatic heterocycles. The molecule has 4 aromatic rings. The van der Waals surface area contributed by atoms with Gasteiger partial charge in [-0.3, -0.25) is 19.1 Å². The number of likely N-dealkylation sites (tertiary alicyclic amines) is 1. The van der Waals surface area contributed by atoms with Crippen LogP contribution in [0.3, 0.4) is 0 Å². The van der Waals surface area contributed by atoms with Crippen molar-refractivity contribution in [3.63, 3.8) is 0 Å². The number of nitrogens with one attached hydrogen (secondary N) is 2. The molecular formula is C36H38FN5O6. The highest BCUT2D eigenvalue weighted by atomic mass is 19.1. The van der Waals surface area contributed by atoms with E-state index in [0.29, 0.717) is 53.3 Å². The van der Waals surface area contributed by atoms with Gasteiger partial charge in [0, 0.05) is 55.5 Å². The Morgan fingerprint density at radius 2 is 1.94 bits per heavy atom. The average Bonchev–Trinajstić information content (AvgIpc) is 3.45. The minimum atomic E-state index is -0.642. The highest BCUT2D eigenvalue weighted by Gasteiger charge is 2.36. The maximum Gasteiger partial charge on any atom is 0.258 e. The van der Waals surface area contributed by atoms with E-state index in [2.05, 4.69) is 15.7 Å². The van der Waals surface area contributed by atoms with E-state index in [-0.39, 0.29) is 43.2 Å². The van der Waals surface area contributed by atoms with E-state index in [0.717, 1.165) is 17.7 Å². The molecule has 250 valence electrons. The molecule has 3 aromatic carbocycles. The first-order chi connectivity index (χ1) is 23.2. The van der Waals surface area contributed by atoms with Crippen molar-refractivity contribution in [1.29, 1.82) is 0 Å². The summed E-state index contributed by atoms with van der Waals surface area (Å²) in [6, 6.07) is 15.8. The number of methoxy groups -OCH3 is 1. The third-order valence-corrected chi connectivity index (χ3v) is 8.61. The zero-order valence-corrected chi connectivity index (χ0v) is 27.1. The standard InChI is InChI=1S/C36H38FN5O6/c1-4-11-42-22(2)30(19-39-42)36(45)41-12-10-33-31(20-41)40-35(44)25-8-9-32(46-3)29(16-25)24-6-5-7-27(15-24)47-21-34(43)38-18-23-13-26(37)17-28(14-23)48-33/h5-9,13-17,19,31,33H,4,10-12,18,20-21H2,1-3H3,(H,38,43)(H,40,44)/t31-,33-/m1/s1. The molecule has 2 N–H and O–H groups in total. The molecule has 1 aromatic heterocycles. The molecule has 2 atom stereocenters. The van der Waals surface area contributed by atoms with Crippen molar-refractivity contribution in [2.45, 2.75) is 51.9 Å². The Bertz CT molecular complexity index is 1840. The molecule has 0 unspecified atom stereocenters. The van der Waals surface area contributed by atoms with Crippen LogP contribution in [-0.4, -0.2) is 71.4 Å². The summed E-state index contributed by atoms with van der Waals surface area (Å²) in [4.78, 5) is 42.0. The van der Waals surface area contributed by atoms with E-state index >= 15 is 0 Å². The first-order valence-electron chi connectivity index (χ1n) is 16.0. The molecule has 1 fully saturated rings. The van der Waals surface area contributed by atoms with E-state index in [1.54, 1.807) is 60.7 Å². The van der Waals surface area contributed by atoms with Crippen molar-refractivity contribution >= 4 is 17.7 Å². The van der Waals surface area contributed by atoms with Crippen LogP contribution in [-0.2, 0) is 17.9 Å². The second-order valence-electron chi connectivity index (χ2n) is 11.9. The third-order valence-electron chi connectivity index (χ3n) is 8.61. The largest absolute Gasteiger partial charge is 0.496 e. The molecule has 1 saturated heterocycles. The summed E-state index contributed by atoms with van der Waals surface area (Å²) in [5.41, 5.74) is 3.52. The van der Waals surface area contributed by atoms with Gasteiger partial charge in [0.25, 0.3) is 17.7 Å². The quantitative estimate of drug-likeness (QED) is 0.332. The lowest BCUT2D eigenvalue weighted by atomic mass is 9.98. The average molecular weight is 656 g/mol.